The fraction of sp³-hybridized carbons (Fsp3) is 0.500. The van der Waals surface area contributed by atoms with Crippen molar-refractivity contribution in [3.05, 3.63) is 65.4 Å². The molecule has 2 saturated heterocycles. The van der Waals surface area contributed by atoms with E-state index in [0.717, 1.165) is 17.5 Å². The van der Waals surface area contributed by atoms with Gasteiger partial charge in [-0.25, -0.2) is 4.98 Å². The molecule has 6 atom stereocenters. The van der Waals surface area contributed by atoms with Crippen LogP contribution in [0.5, 0.6) is 28.7 Å². The van der Waals surface area contributed by atoms with E-state index in [-0.39, 0.29) is 60.0 Å². The molecule has 0 amide bonds. The Bertz CT molecular complexity index is 1590. The number of aromatic hydroxyl groups is 2. The summed E-state index contributed by atoms with van der Waals surface area (Å²) in [5.74, 6) is -0.284. The van der Waals surface area contributed by atoms with E-state index in [0.29, 0.717) is 49.9 Å². The lowest BCUT2D eigenvalue weighted by Crippen LogP contribution is -2.57. The summed E-state index contributed by atoms with van der Waals surface area (Å²) < 4.78 is 23.3. The van der Waals surface area contributed by atoms with Gasteiger partial charge in [0.15, 0.2) is 29.8 Å². The number of aromatic nitrogens is 1. The third-order valence-corrected chi connectivity index (χ3v) is 9.64. The van der Waals surface area contributed by atoms with Crippen molar-refractivity contribution < 1.29 is 49.3 Å². The normalized spacial score (nSPS) is 25.4. The zero-order chi connectivity index (χ0) is 35.1. The van der Waals surface area contributed by atoms with Crippen LogP contribution in [0.1, 0.15) is 68.2 Å². The number of carboxylic acids is 1. The van der Waals surface area contributed by atoms with Gasteiger partial charge in [0, 0.05) is 30.1 Å². The number of hydrogen-bond acceptors (Lipinski definition) is 12. The SMILES string of the molecule is COc1cc([C@@H]2C[C@@H](O)C[C@H](CCc3ccc(O)c(OCO)c3)O2)cc(OC[C@H]2N[C@@H](C)CC[C@]2(CC(=O)O)Cc2ccnc(N)c2)c1O. The molecule has 3 heterocycles. The number of aliphatic hydroxyl groups is 2. The molecule has 1 aromatic heterocycles. The van der Waals surface area contributed by atoms with Gasteiger partial charge in [-0.1, -0.05) is 6.07 Å². The largest absolute Gasteiger partial charge is 0.504 e. The quantitative estimate of drug-likeness (QED) is 0.121. The summed E-state index contributed by atoms with van der Waals surface area (Å²) in [7, 11) is 1.44. The van der Waals surface area contributed by atoms with Crippen LogP contribution in [0.3, 0.4) is 0 Å². The minimum Gasteiger partial charge on any atom is -0.504 e. The first-order valence-corrected chi connectivity index (χ1v) is 16.6. The molecule has 3 aromatic rings. The highest BCUT2D eigenvalue weighted by molar-refractivity contribution is 5.68. The number of aryl methyl sites for hydroxylation is 1. The number of phenolic OH excluding ortho intramolecular Hbond substituents is 2. The highest BCUT2D eigenvalue weighted by atomic mass is 16.6. The smallest absolute Gasteiger partial charge is 0.303 e. The molecule has 2 fully saturated rings. The molecule has 0 saturated carbocycles. The first-order chi connectivity index (χ1) is 23.5. The number of aliphatic carboxylic acids is 1. The number of ether oxygens (including phenoxy) is 4. The monoisotopic (exact) mass is 681 g/mol. The van der Waals surface area contributed by atoms with Crippen molar-refractivity contribution in [3.8, 4) is 28.7 Å². The Kier molecular flexibility index (Phi) is 11.7. The lowest BCUT2D eigenvalue weighted by molar-refractivity contribution is -0.141. The number of aliphatic hydroxyl groups excluding tert-OH is 2. The van der Waals surface area contributed by atoms with Gasteiger partial charge >= 0.3 is 5.97 Å². The number of piperidine rings is 1. The van der Waals surface area contributed by atoms with Gasteiger partial charge in [-0.3, -0.25) is 4.79 Å². The molecule has 0 radical (unpaired) electrons. The second-order valence-electron chi connectivity index (χ2n) is 13.2. The third-order valence-electron chi connectivity index (χ3n) is 9.64. The van der Waals surface area contributed by atoms with Crippen LogP contribution in [0.15, 0.2) is 48.7 Å². The van der Waals surface area contributed by atoms with Gasteiger partial charge in [0.1, 0.15) is 12.4 Å². The second kappa shape index (κ2) is 15.9. The number of carboxylic acid groups (broad SMARTS) is 1. The Balaban J connectivity index is 1.34. The van der Waals surface area contributed by atoms with E-state index >= 15 is 0 Å². The number of nitrogen functional groups attached to an aromatic ring is 1. The highest BCUT2D eigenvalue weighted by Gasteiger charge is 2.45. The van der Waals surface area contributed by atoms with Crippen LogP contribution < -0.4 is 25.3 Å². The van der Waals surface area contributed by atoms with Crippen LogP contribution in [0.25, 0.3) is 0 Å². The molecular formula is C36H47N3O10. The zero-order valence-corrected chi connectivity index (χ0v) is 27.9. The minimum absolute atomic E-state index is 0.0678. The Morgan fingerprint density at radius 1 is 1.08 bits per heavy atom. The van der Waals surface area contributed by atoms with Crippen molar-refractivity contribution in [3.63, 3.8) is 0 Å². The number of hydrogen-bond donors (Lipinski definition) is 7. The summed E-state index contributed by atoms with van der Waals surface area (Å²) in [4.78, 5) is 16.3. The van der Waals surface area contributed by atoms with Gasteiger partial charge in [0.25, 0.3) is 0 Å². The van der Waals surface area contributed by atoms with E-state index in [1.165, 1.54) is 13.2 Å². The average Bonchev–Trinajstić information content (AvgIpc) is 3.05. The first kappa shape index (κ1) is 36.0. The van der Waals surface area contributed by atoms with Crippen LogP contribution in [-0.4, -0.2) is 81.3 Å². The van der Waals surface area contributed by atoms with Crippen molar-refractivity contribution in [2.75, 3.05) is 26.2 Å². The molecule has 0 unspecified atom stereocenters. The molecule has 2 aliphatic rings. The summed E-state index contributed by atoms with van der Waals surface area (Å²) in [5, 5.41) is 54.5. The lowest BCUT2D eigenvalue weighted by Gasteiger charge is -2.46. The fourth-order valence-electron chi connectivity index (χ4n) is 7.15. The Hall–Kier alpha value is -4.30. The number of nitrogens with two attached hydrogens (primary N) is 1. The van der Waals surface area contributed by atoms with E-state index in [4.69, 9.17) is 29.8 Å². The maximum atomic E-state index is 12.2. The van der Waals surface area contributed by atoms with Crippen LogP contribution in [-0.2, 0) is 22.4 Å². The molecule has 5 rings (SSSR count). The topological polar surface area (TPSA) is 206 Å². The maximum Gasteiger partial charge on any atom is 0.303 e. The van der Waals surface area contributed by atoms with Gasteiger partial charge < -0.3 is 55.5 Å². The van der Waals surface area contributed by atoms with Crippen LogP contribution >= 0.6 is 0 Å². The number of benzene rings is 2. The molecule has 2 aliphatic heterocycles. The van der Waals surface area contributed by atoms with Crippen LogP contribution in [0, 0.1) is 5.41 Å². The van der Waals surface area contributed by atoms with Gasteiger partial charge in [0.2, 0.25) is 5.75 Å². The summed E-state index contributed by atoms with van der Waals surface area (Å²) >= 11 is 0. The standard InChI is InChI=1S/C36H47N3O10/c1-21-7-9-36(18-34(43)44,17-23-8-10-38-33(37)12-23)32(39-21)19-47-31-14-24(13-30(46-2)35(31)45)28-16-25(41)15-26(49-28)5-3-22-4-6-27(42)29(11-22)48-20-40/h4,6,8,10-14,21,25-26,28,32,39-42,45H,3,5,7,9,15-20H2,1-2H3,(H2,37,38)(H,43,44)/t21-,25-,26-,28-,32+,36+/m0/s1. The number of pyridine rings is 1. The highest BCUT2D eigenvalue weighted by Crippen LogP contribution is 2.45. The molecule has 0 spiro atoms. The number of rotatable bonds is 14. The van der Waals surface area contributed by atoms with Crippen molar-refractivity contribution in [2.45, 2.75) is 88.7 Å². The van der Waals surface area contributed by atoms with Crippen molar-refractivity contribution in [2.24, 2.45) is 5.41 Å². The number of carbonyl (C=O) groups is 1. The first-order valence-electron chi connectivity index (χ1n) is 16.6. The second-order valence-corrected chi connectivity index (χ2v) is 13.2. The Morgan fingerprint density at radius 3 is 2.61 bits per heavy atom. The number of phenols is 2. The Morgan fingerprint density at radius 2 is 1.88 bits per heavy atom. The molecule has 8 N–H and O–H groups in total. The van der Waals surface area contributed by atoms with Gasteiger partial charge in [0.05, 0.1) is 31.8 Å². The number of nitrogens with zero attached hydrogens (tertiary/aromatic N) is 1. The summed E-state index contributed by atoms with van der Waals surface area (Å²) in [6.07, 6.45) is 3.89. The fourth-order valence-corrected chi connectivity index (χ4v) is 7.15. The summed E-state index contributed by atoms with van der Waals surface area (Å²) in [6, 6.07) is 11.6. The van der Waals surface area contributed by atoms with E-state index in [2.05, 4.69) is 17.2 Å². The number of nitrogens with one attached hydrogen (secondary N) is 1. The molecule has 266 valence electrons. The third kappa shape index (κ3) is 9.04. The van der Waals surface area contributed by atoms with E-state index in [9.17, 15) is 25.2 Å². The van der Waals surface area contributed by atoms with Crippen molar-refractivity contribution >= 4 is 11.8 Å². The molecule has 2 aromatic carbocycles. The zero-order valence-electron chi connectivity index (χ0n) is 27.9. The molecule has 0 aliphatic carbocycles. The predicted octanol–water partition coefficient (Wildman–Crippen LogP) is 3.85. The number of anilines is 1. The van der Waals surface area contributed by atoms with Gasteiger partial charge in [-0.2, -0.15) is 0 Å². The van der Waals surface area contributed by atoms with Crippen molar-refractivity contribution in [1.82, 2.24) is 10.3 Å². The molecule has 13 heteroatoms. The van der Waals surface area contributed by atoms with Crippen molar-refractivity contribution in [1.29, 1.82) is 0 Å². The van der Waals surface area contributed by atoms with Crippen LogP contribution in [0.2, 0.25) is 0 Å². The molecule has 49 heavy (non-hydrogen) atoms. The Labute approximate surface area is 285 Å². The minimum atomic E-state index is -0.915. The summed E-state index contributed by atoms with van der Waals surface area (Å²) in [6.45, 7) is 1.57. The lowest BCUT2D eigenvalue weighted by atomic mass is 9.67. The molecule has 0 bridgehead atoms. The van der Waals surface area contributed by atoms with Crippen LogP contribution in [0.4, 0.5) is 5.82 Å². The predicted molar refractivity (Wildman–Crippen MR) is 180 cm³/mol. The van der Waals surface area contributed by atoms with Gasteiger partial charge in [-0.05, 0) is 98.5 Å². The average molecular weight is 682 g/mol. The number of methoxy groups -OCH3 is 1. The van der Waals surface area contributed by atoms with E-state index < -0.39 is 30.4 Å². The molecular weight excluding hydrogens is 634 g/mol. The maximum absolute atomic E-state index is 12.2. The summed E-state index contributed by atoms with van der Waals surface area (Å²) in [5.41, 5.74) is 7.66. The van der Waals surface area contributed by atoms with E-state index in [1.54, 1.807) is 36.5 Å². The van der Waals surface area contributed by atoms with E-state index in [1.807, 2.05) is 6.07 Å². The molecule has 13 nitrogen and oxygen atoms in total. The van der Waals surface area contributed by atoms with Gasteiger partial charge in [-0.15, -0.1) is 0 Å².